The highest BCUT2D eigenvalue weighted by atomic mass is 35.5. The van der Waals surface area contributed by atoms with Crippen LogP contribution in [-0.4, -0.2) is 56.9 Å². The van der Waals surface area contributed by atoms with Gasteiger partial charge in [-0.25, -0.2) is 14.6 Å². The third-order valence-electron chi connectivity index (χ3n) is 7.63. The molecule has 0 radical (unpaired) electrons. The molecule has 2 fully saturated rings. The van der Waals surface area contributed by atoms with Crippen molar-refractivity contribution in [1.82, 2.24) is 24.6 Å². The molecule has 5 rings (SSSR count). The second-order valence-corrected chi connectivity index (χ2v) is 10.8. The van der Waals surface area contributed by atoms with Crippen molar-refractivity contribution in [2.45, 2.75) is 65.0 Å². The summed E-state index contributed by atoms with van der Waals surface area (Å²) in [6, 6.07) is 6.19. The molecule has 0 amide bonds. The zero-order chi connectivity index (χ0) is 23.8. The molecular formula is C26H34Cl2N6. The summed E-state index contributed by atoms with van der Waals surface area (Å²) in [6.45, 7) is 11.0. The van der Waals surface area contributed by atoms with Crippen molar-refractivity contribution >= 4 is 40.2 Å². The number of aryl methyl sites for hydroxylation is 1. The molecule has 2 aliphatic rings. The molecule has 0 bridgehead atoms. The quantitative estimate of drug-likeness (QED) is 0.430. The summed E-state index contributed by atoms with van der Waals surface area (Å²) >= 11 is 12.6. The molecule has 0 saturated carbocycles. The van der Waals surface area contributed by atoms with Crippen molar-refractivity contribution in [3.63, 3.8) is 0 Å². The number of aromatic nitrogens is 4. The molecule has 2 aliphatic heterocycles. The van der Waals surface area contributed by atoms with Gasteiger partial charge in [-0.3, -0.25) is 4.90 Å². The summed E-state index contributed by atoms with van der Waals surface area (Å²) in [5, 5.41) is 6.05. The number of likely N-dealkylation sites (tertiary alicyclic amines) is 1. The van der Waals surface area contributed by atoms with Gasteiger partial charge in [0.2, 0.25) is 0 Å². The smallest absolute Gasteiger partial charge is 0.179 e. The molecule has 1 unspecified atom stereocenters. The Morgan fingerprint density at radius 3 is 2.53 bits per heavy atom. The molecule has 6 nitrogen and oxygen atoms in total. The minimum absolute atomic E-state index is 0.0850. The van der Waals surface area contributed by atoms with Crippen LogP contribution < -0.4 is 4.90 Å². The standard InChI is InChI=1S/C26H34Cl2N6/c1-17-16-33(13-10-23(17)32-11-6-4-5-7-12-32)24-15-29-25-18(2)31-34(26(25)30-24)19(3)21-9-8-20(27)14-22(21)28/h8-9,14-15,17,19,23H,4-7,10-13,16H2,1-3H3/t17-,19?,23+/m0/s1. The molecule has 0 N–H and O–H groups in total. The number of nitrogens with zero attached hydrogens (tertiary/aromatic N) is 6. The Kier molecular flexibility index (Phi) is 7.01. The molecule has 182 valence electrons. The molecule has 1 aromatic carbocycles. The van der Waals surface area contributed by atoms with Crippen molar-refractivity contribution in [2.24, 2.45) is 5.92 Å². The lowest BCUT2D eigenvalue weighted by atomic mass is 9.92. The van der Waals surface area contributed by atoms with Gasteiger partial charge in [-0.2, -0.15) is 5.10 Å². The van der Waals surface area contributed by atoms with E-state index in [2.05, 4.69) is 23.6 Å². The van der Waals surface area contributed by atoms with Crippen LogP contribution in [0.5, 0.6) is 0 Å². The first-order chi connectivity index (χ1) is 16.4. The highest BCUT2D eigenvalue weighted by Gasteiger charge is 2.32. The molecular weight excluding hydrogens is 467 g/mol. The summed E-state index contributed by atoms with van der Waals surface area (Å²) in [6.07, 6.45) is 8.54. The van der Waals surface area contributed by atoms with Crippen LogP contribution in [0.3, 0.4) is 0 Å². The number of fused-ring (bicyclic) bond motifs is 1. The Labute approximate surface area is 212 Å². The van der Waals surface area contributed by atoms with E-state index in [0.717, 1.165) is 41.3 Å². The third-order valence-corrected chi connectivity index (χ3v) is 8.19. The van der Waals surface area contributed by atoms with Crippen LogP contribution in [0, 0.1) is 12.8 Å². The number of halogens is 2. The summed E-state index contributed by atoms with van der Waals surface area (Å²) < 4.78 is 1.95. The van der Waals surface area contributed by atoms with Gasteiger partial charge < -0.3 is 4.90 Å². The van der Waals surface area contributed by atoms with Crippen LogP contribution >= 0.6 is 23.2 Å². The van der Waals surface area contributed by atoms with Gasteiger partial charge in [0.1, 0.15) is 11.3 Å². The summed E-state index contributed by atoms with van der Waals surface area (Å²) in [5.74, 6) is 1.53. The first kappa shape index (κ1) is 23.8. The molecule has 2 saturated heterocycles. The fourth-order valence-electron chi connectivity index (χ4n) is 5.75. The largest absolute Gasteiger partial charge is 0.355 e. The van der Waals surface area contributed by atoms with Crippen molar-refractivity contribution < 1.29 is 0 Å². The molecule has 3 atom stereocenters. The lowest BCUT2D eigenvalue weighted by Gasteiger charge is -2.42. The zero-order valence-electron chi connectivity index (χ0n) is 20.3. The molecule has 2 aromatic heterocycles. The van der Waals surface area contributed by atoms with Gasteiger partial charge in [0.25, 0.3) is 0 Å². The van der Waals surface area contributed by atoms with E-state index in [-0.39, 0.29) is 6.04 Å². The monoisotopic (exact) mass is 500 g/mol. The van der Waals surface area contributed by atoms with Crippen LogP contribution in [0.4, 0.5) is 5.82 Å². The maximum absolute atomic E-state index is 6.52. The fourth-order valence-corrected chi connectivity index (χ4v) is 6.31. The molecule has 0 spiro atoms. The second kappa shape index (κ2) is 10.00. The number of hydrogen-bond donors (Lipinski definition) is 0. The number of hydrogen-bond acceptors (Lipinski definition) is 5. The molecule has 4 heterocycles. The third kappa shape index (κ3) is 4.65. The number of rotatable bonds is 4. The van der Waals surface area contributed by atoms with Gasteiger partial charge in [0.05, 0.1) is 17.9 Å². The van der Waals surface area contributed by atoms with E-state index in [1.807, 2.05) is 29.9 Å². The Bertz CT molecular complexity index is 1150. The first-order valence-electron chi connectivity index (χ1n) is 12.6. The summed E-state index contributed by atoms with van der Waals surface area (Å²) in [4.78, 5) is 15.0. The van der Waals surface area contributed by atoms with Gasteiger partial charge in [-0.15, -0.1) is 0 Å². The number of piperidine rings is 1. The second-order valence-electron chi connectivity index (χ2n) is 10.0. The van der Waals surface area contributed by atoms with E-state index in [1.54, 1.807) is 6.07 Å². The van der Waals surface area contributed by atoms with E-state index in [0.29, 0.717) is 22.0 Å². The van der Waals surface area contributed by atoms with E-state index in [4.69, 9.17) is 38.3 Å². The average Bonchev–Trinajstić information content (AvgIpc) is 2.98. The van der Waals surface area contributed by atoms with Crippen LogP contribution in [0.15, 0.2) is 24.4 Å². The van der Waals surface area contributed by atoms with Gasteiger partial charge in [0.15, 0.2) is 5.65 Å². The van der Waals surface area contributed by atoms with E-state index in [1.165, 1.54) is 45.2 Å². The van der Waals surface area contributed by atoms with Crippen molar-refractivity contribution in [2.75, 3.05) is 31.1 Å². The minimum atomic E-state index is -0.0850. The van der Waals surface area contributed by atoms with Crippen molar-refractivity contribution in [1.29, 1.82) is 0 Å². The van der Waals surface area contributed by atoms with Crippen LogP contribution in [0.1, 0.15) is 63.3 Å². The van der Waals surface area contributed by atoms with E-state index < -0.39 is 0 Å². The SMILES string of the molecule is Cc1nn(C(C)c2ccc(Cl)cc2Cl)c2nc(N3CC[C@@H](N4CCCCCC4)[C@@H](C)C3)cnc12. The summed E-state index contributed by atoms with van der Waals surface area (Å²) in [5.41, 5.74) is 3.48. The zero-order valence-corrected chi connectivity index (χ0v) is 21.9. The molecule has 34 heavy (non-hydrogen) atoms. The molecule has 8 heteroatoms. The Hall–Kier alpha value is -1.89. The van der Waals surface area contributed by atoms with Gasteiger partial charge in [0, 0.05) is 29.2 Å². The highest BCUT2D eigenvalue weighted by Crippen LogP contribution is 2.32. The maximum atomic E-state index is 6.52. The Morgan fingerprint density at radius 2 is 1.82 bits per heavy atom. The molecule has 0 aliphatic carbocycles. The molecule has 3 aromatic rings. The predicted octanol–water partition coefficient (Wildman–Crippen LogP) is 6.14. The normalized spacial score (nSPS) is 23.3. The highest BCUT2D eigenvalue weighted by molar-refractivity contribution is 6.35. The van der Waals surface area contributed by atoms with E-state index >= 15 is 0 Å². The van der Waals surface area contributed by atoms with E-state index in [9.17, 15) is 0 Å². The van der Waals surface area contributed by atoms with Gasteiger partial charge in [-0.1, -0.05) is 49.0 Å². The van der Waals surface area contributed by atoms with Gasteiger partial charge >= 0.3 is 0 Å². The van der Waals surface area contributed by atoms with Crippen LogP contribution in [0.25, 0.3) is 11.2 Å². The summed E-state index contributed by atoms with van der Waals surface area (Å²) in [7, 11) is 0. The van der Waals surface area contributed by atoms with Crippen LogP contribution in [-0.2, 0) is 0 Å². The Morgan fingerprint density at radius 1 is 1.06 bits per heavy atom. The van der Waals surface area contributed by atoms with Crippen molar-refractivity contribution in [3.05, 3.63) is 45.7 Å². The number of benzene rings is 1. The lowest BCUT2D eigenvalue weighted by molar-refractivity contribution is 0.132. The average molecular weight is 502 g/mol. The fraction of sp³-hybridized carbons (Fsp3) is 0.577. The maximum Gasteiger partial charge on any atom is 0.179 e. The first-order valence-corrected chi connectivity index (χ1v) is 13.3. The minimum Gasteiger partial charge on any atom is -0.355 e. The number of anilines is 1. The van der Waals surface area contributed by atoms with Crippen molar-refractivity contribution in [3.8, 4) is 0 Å². The van der Waals surface area contributed by atoms with Gasteiger partial charge in [-0.05, 0) is 69.8 Å². The Balaban J connectivity index is 1.40. The lowest BCUT2D eigenvalue weighted by Crippen LogP contribution is -2.50. The predicted molar refractivity (Wildman–Crippen MR) is 140 cm³/mol. The topological polar surface area (TPSA) is 50.1 Å². The van der Waals surface area contributed by atoms with Crippen LogP contribution in [0.2, 0.25) is 10.0 Å².